The van der Waals surface area contributed by atoms with E-state index < -0.39 is 30.3 Å². The molecule has 0 amide bonds. The van der Waals surface area contributed by atoms with Gasteiger partial charge in [-0.25, -0.2) is 18.7 Å². The van der Waals surface area contributed by atoms with Crippen LogP contribution in [0.5, 0.6) is 11.5 Å². The highest BCUT2D eigenvalue weighted by atomic mass is 79.9. The molecule has 2 aromatic carbocycles. The molecule has 7 nitrogen and oxygen atoms in total. The van der Waals surface area contributed by atoms with E-state index in [-0.39, 0.29) is 18.9 Å². The van der Waals surface area contributed by atoms with Crippen LogP contribution in [0, 0.1) is 5.82 Å². The Balaban J connectivity index is 1.46. The average molecular weight is 494 g/mol. The van der Waals surface area contributed by atoms with Crippen molar-refractivity contribution in [1.82, 2.24) is 9.97 Å². The number of hydrogen-bond donors (Lipinski definition) is 1. The van der Waals surface area contributed by atoms with E-state index >= 15 is 0 Å². The summed E-state index contributed by atoms with van der Waals surface area (Å²) in [5, 5.41) is 3.62. The Morgan fingerprint density at radius 3 is 2.74 bits per heavy atom. The highest BCUT2D eigenvalue weighted by Gasteiger charge is 2.49. The van der Waals surface area contributed by atoms with Crippen LogP contribution < -0.4 is 14.8 Å². The summed E-state index contributed by atoms with van der Waals surface area (Å²) in [6, 6.07) is 8.12. The van der Waals surface area contributed by atoms with Gasteiger partial charge in [-0.1, -0.05) is 15.9 Å². The van der Waals surface area contributed by atoms with Crippen molar-refractivity contribution in [3.05, 3.63) is 46.9 Å². The van der Waals surface area contributed by atoms with E-state index in [9.17, 15) is 8.78 Å². The molecule has 0 aliphatic carbocycles. The first-order valence-corrected chi connectivity index (χ1v) is 10.4. The van der Waals surface area contributed by atoms with Gasteiger partial charge in [0.25, 0.3) is 0 Å². The smallest absolute Gasteiger partial charge is 0.164 e. The zero-order valence-corrected chi connectivity index (χ0v) is 17.9. The van der Waals surface area contributed by atoms with Crippen molar-refractivity contribution in [3.8, 4) is 11.5 Å². The highest BCUT2D eigenvalue weighted by Crippen LogP contribution is 2.38. The van der Waals surface area contributed by atoms with Gasteiger partial charge in [0, 0.05) is 15.9 Å². The fraction of sp³-hybridized carbons (Fsp3) is 0.333. The van der Waals surface area contributed by atoms with Gasteiger partial charge in [0.1, 0.15) is 30.2 Å². The van der Waals surface area contributed by atoms with Gasteiger partial charge >= 0.3 is 0 Å². The molecule has 0 saturated carbocycles. The minimum Gasteiger partial charge on any atom is -0.493 e. The van der Waals surface area contributed by atoms with Crippen LogP contribution in [-0.2, 0) is 9.47 Å². The molecular formula is C21H18BrF2N3O4. The number of alkyl halides is 1. The van der Waals surface area contributed by atoms with Crippen molar-refractivity contribution in [2.24, 2.45) is 0 Å². The van der Waals surface area contributed by atoms with Crippen molar-refractivity contribution in [3.63, 3.8) is 0 Å². The first kappa shape index (κ1) is 20.3. The number of ether oxygens (including phenoxy) is 4. The molecule has 0 bridgehead atoms. The zero-order valence-electron chi connectivity index (χ0n) is 16.3. The van der Waals surface area contributed by atoms with Crippen LogP contribution in [0.2, 0.25) is 0 Å². The van der Waals surface area contributed by atoms with E-state index in [4.69, 9.17) is 18.9 Å². The fourth-order valence-corrected chi connectivity index (χ4v) is 4.15. The number of hydrogen-bond acceptors (Lipinski definition) is 7. The lowest BCUT2D eigenvalue weighted by Crippen LogP contribution is -2.33. The predicted molar refractivity (Wildman–Crippen MR) is 112 cm³/mol. The number of methoxy groups -OCH3 is 1. The van der Waals surface area contributed by atoms with Gasteiger partial charge in [-0.05, 0) is 24.3 Å². The van der Waals surface area contributed by atoms with E-state index in [0.29, 0.717) is 32.7 Å². The van der Waals surface area contributed by atoms with Crippen LogP contribution in [0.15, 0.2) is 41.1 Å². The number of nitrogens with one attached hydrogen (secondary N) is 1. The molecule has 1 aromatic heterocycles. The summed E-state index contributed by atoms with van der Waals surface area (Å²) < 4.78 is 51.3. The Labute approximate surface area is 184 Å². The van der Waals surface area contributed by atoms with Crippen molar-refractivity contribution in [2.75, 3.05) is 25.6 Å². The summed E-state index contributed by atoms with van der Waals surface area (Å²) in [6.07, 6.45) is -1.33. The number of nitrogens with zero attached hydrogens (tertiary/aromatic N) is 2. The van der Waals surface area contributed by atoms with Gasteiger partial charge in [-0.15, -0.1) is 0 Å². The highest BCUT2D eigenvalue weighted by molar-refractivity contribution is 9.10. The van der Waals surface area contributed by atoms with Gasteiger partial charge in [0.05, 0.1) is 31.5 Å². The van der Waals surface area contributed by atoms with E-state index in [1.54, 1.807) is 24.3 Å². The van der Waals surface area contributed by atoms with Crippen molar-refractivity contribution < 1.29 is 27.7 Å². The maximum atomic E-state index is 14.3. The lowest BCUT2D eigenvalue weighted by atomic mass is 10.1. The standard InChI is InChI=1S/C21H18BrF2N3O4/c1-28-16-5-11-15(6-17(16)31-18-8-30-19-13(24)7-29-20(18)19)25-9-26-21(11)27-14-3-2-10(22)4-12(14)23/h2-6,9,13,18-20H,7-8H2,1H3,(H,25,26,27)/t13?,18?,19-,20-/m0/s1. The maximum Gasteiger partial charge on any atom is 0.164 e. The molecule has 4 atom stereocenters. The molecule has 1 N–H and O–H groups in total. The molecular weight excluding hydrogens is 476 g/mol. The lowest BCUT2D eigenvalue weighted by molar-refractivity contribution is 0.0271. The fourth-order valence-electron chi connectivity index (χ4n) is 3.82. The summed E-state index contributed by atoms with van der Waals surface area (Å²) in [5.41, 5.74) is 0.841. The lowest BCUT2D eigenvalue weighted by Gasteiger charge is -2.20. The van der Waals surface area contributed by atoms with E-state index in [0.717, 1.165) is 0 Å². The minimum absolute atomic E-state index is 0.00107. The van der Waals surface area contributed by atoms with Crippen molar-refractivity contribution in [1.29, 1.82) is 0 Å². The molecule has 0 spiro atoms. The first-order chi connectivity index (χ1) is 15.0. The van der Waals surface area contributed by atoms with Gasteiger partial charge in [0.15, 0.2) is 23.8 Å². The maximum absolute atomic E-state index is 14.3. The molecule has 2 aliphatic rings. The normalized spacial score (nSPS) is 24.9. The Morgan fingerprint density at radius 2 is 1.94 bits per heavy atom. The predicted octanol–water partition coefficient (Wildman–Crippen LogP) is 4.17. The van der Waals surface area contributed by atoms with Crippen LogP contribution in [0.4, 0.5) is 20.3 Å². The second kappa shape index (κ2) is 8.18. The molecule has 162 valence electrons. The molecule has 2 unspecified atom stereocenters. The Hall–Kier alpha value is -2.56. The number of fused-ring (bicyclic) bond motifs is 2. The summed E-state index contributed by atoms with van der Waals surface area (Å²) in [5.74, 6) is 0.848. The van der Waals surface area contributed by atoms with E-state index in [2.05, 4.69) is 31.2 Å². The number of aromatic nitrogens is 2. The van der Waals surface area contributed by atoms with Crippen LogP contribution >= 0.6 is 15.9 Å². The quantitative estimate of drug-likeness (QED) is 0.571. The van der Waals surface area contributed by atoms with Gasteiger partial charge in [-0.3, -0.25) is 0 Å². The monoisotopic (exact) mass is 493 g/mol. The van der Waals surface area contributed by atoms with Gasteiger partial charge in [0.2, 0.25) is 0 Å². The number of anilines is 2. The second-order valence-electron chi connectivity index (χ2n) is 7.26. The molecule has 10 heteroatoms. The van der Waals surface area contributed by atoms with Crippen LogP contribution in [-0.4, -0.2) is 54.8 Å². The molecule has 31 heavy (non-hydrogen) atoms. The van der Waals surface area contributed by atoms with Crippen molar-refractivity contribution >= 4 is 38.3 Å². The summed E-state index contributed by atoms with van der Waals surface area (Å²) in [7, 11) is 1.51. The summed E-state index contributed by atoms with van der Waals surface area (Å²) in [6.45, 7) is 0.218. The van der Waals surface area contributed by atoms with Gasteiger partial charge in [-0.2, -0.15) is 0 Å². The molecule has 2 saturated heterocycles. The largest absolute Gasteiger partial charge is 0.493 e. The third-order valence-electron chi connectivity index (χ3n) is 5.33. The summed E-state index contributed by atoms with van der Waals surface area (Å²) in [4.78, 5) is 8.55. The van der Waals surface area contributed by atoms with Crippen LogP contribution in [0.3, 0.4) is 0 Å². The minimum atomic E-state index is -1.16. The molecule has 0 radical (unpaired) electrons. The van der Waals surface area contributed by atoms with Crippen molar-refractivity contribution in [2.45, 2.75) is 24.5 Å². The molecule has 3 heterocycles. The van der Waals surface area contributed by atoms with Gasteiger partial charge < -0.3 is 24.3 Å². The number of rotatable bonds is 5. The Morgan fingerprint density at radius 1 is 1.10 bits per heavy atom. The second-order valence-corrected chi connectivity index (χ2v) is 8.18. The number of benzene rings is 2. The van der Waals surface area contributed by atoms with E-state index in [1.807, 2.05) is 0 Å². The topological polar surface area (TPSA) is 74.7 Å². The molecule has 3 aromatic rings. The molecule has 2 fully saturated rings. The third kappa shape index (κ3) is 3.79. The Kier molecular flexibility index (Phi) is 5.37. The van der Waals surface area contributed by atoms with Crippen LogP contribution in [0.25, 0.3) is 10.9 Å². The Bertz CT molecular complexity index is 1140. The number of halogens is 3. The third-order valence-corrected chi connectivity index (χ3v) is 5.82. The molecule has 5 rings (SSSR count). The molecule has 2 aliphatic heterocycles. The summed E-state index contributed by atoms with van der Waals surface area (Å²) >= 11 is 3.24. The van der Waals surface area contributed by atoms with E-state index in [1.165, 1.54) is 19.5 Å². The van der Waals surface area contributed by atoms with Crippen LogP contribution in [0.1, 0.15) is 0 Å². The first-order valence-electron chi connectivity index (χ1n) is 9.62. The average Bonchev–Trinajstić information content (AvgIpc) is 3.33. The SMILES string of the molecule is COc1cc2c(Nc3ccc(Br)cc3F)ncnc2cc1OC1CO[C@H]2C(F)CO[C@@H]12. The zero-order chi connectivity index (χ0) is 21.5.